The lowest BCUT2D eigenvalue weighted by molar-refractivity contribution is 0.415. The molecule has 0 aliphatic heterocycles. The number of nitrogens with zero attached hydrogens (tertiary/aromatic N) is 5. The predicted octanol–water partition coefficient (Wildman–Crippen LogP) is 3.13. The van der Waals surface area contributed by atoms with E-state index in [-0.39, 0.29) is 5.95 Å². The van der Waals surface area contributed by atoms with Crippen LogP contribution in [0.25, 0.3) is 17.0 Å². The summed E-state index contributed by atoms with van der Waals surface area (Å²) in [4.78, 5) is 8.15. The van der Waals surface area contributed by atoms with E-state index in [2.05, 4.69) is 26.5 Å². The molecule has 0 radical (unpaired) electrons. The molecule has 0 saturated heterocycles. The number of hydrogen-bond donors (Lipinski definition) is 2. The predicted molar refractivity (Wildman–Crippen MR) is 102 cm³/mol. The molecule has 28 heavy (non-hydrogen) atoms. The molecular formula is C19H15N7O2. The number of nitrogens with two attached hydrogens (primary N) is 1. The molecule has 0 aliphatic rings. The van der Waals surface area contributed by atoms with Gasteiger partial charge in [-0.15, -0.1) is 5.10 Å². The first kappa shape index (κ1) is 17.1. The van der Waals surface area contributed by atoms with Gasteiger partial charge in [-0.3, -0.25) is 0 Å². The van der Waals surface area contributed by atoms with Crippen molar-refractivity contribution in [1.82, 2.24) is 19.7 Å². The fourth-order valence-electron chi connectivity index (χ4n) is 2.76. The maximum Gasteiger partial charge on any atom is 0.248 e. The molecule has 138 valence electrons. The van der Waals surface area contributed by atoms with Crippen molar-refractivity contribution in [2.75, 3.05) is 18.2 Å². The molecule has 9 nitrogen and oxygen atoms in total. The summed E-state index contributed by atoms with van der Waals surface area (Å²) in [5, 5.41) is 16.7. The smallest absolute Gasteiger partial charge is 0.248 e. The van der Waals surface area contributed by atoms with Crippen molar-refractivity contribution in [1.29, 1.82) is 5.26 Å². The maximum atomic E-state index is 9.28. The summed E-state index contributed by atoms with van der Waals surface area (Å²) >= 11 is 0. The van der Waals surface area contributed by atoms with Crippen molar-refractivity contribution in [2.24, 2.45) is 0 Å². The van der Waals surface area contributed by atoms with Crippen LogP contribution in [0.4, 0.5) is 17.6 Å². The number of methoxy groups -OCH3 is 1. The van der Waals surface area contributed by atoms with Gasteiger partial charge in [0, 0.05) is 11.8 Å². The van der Waals surface area contributed by atoms with E-state index in [4.69, 9.17) is 14.9 Å². The molecule has 0 atom stereocenters. The summed E-state index contributed by atoms with van der Waals surface area (Å²) in [6.45, 7) is 0. The van der Waals surface area contributed by atoms with Gasteiger partial charge in [-0.2, -0.15) is 14.9 Å². The molecule has 0 saturated carbocycles. The largest absolute Gasteiger partial charge is 0.496 e. The molecule has 0 spiro atoms. The third-order valence-electron chi connectivity index (χ3n) is 4.04. The Balaban J connectivity index is 1.65. The van der Waals surface area contributed by atoms with Crippen LogP contribution in [0.2, 0.25) is 0 Å². The first-order valence-electron chi connectivity index (χ1n) is 8.25. The Bertz CT molecular complexity index is 1160. The standard InChI is InChI=1S/C19H15N7O2/c1-27-16-8-13(6-7-14(16)17-10-22-11-28-17)23-19-24-18(21)26(25-19)15-5-3-2-4-12(15)9-20/h2-8,10-11H,1H3,(H3,21,23,24,25). The quantitative estimate of drug-likeness (QED) is 0.546. The molecule has 0 unspecified atom stereocenters. The Morgan fingerprint density at radius 3 is 2.86 bits per heavy atom. The van der Waals surface area contributed by atoms with E-state index in [9.17, 15) is 5.26 Å². The molecule has 2 aromatic carbocycles. The fraction of sp³-hybridized carbons (Fsp3) is 0.0526. The van der Waals surface area contributed by atoms with Crippen LogP contribution in [0, 0.1) is 11.3 Å². The number of nitriles is 1. The molecule has 0 amide bonds. The Kier molecular flexibility index (Phi) is 4.35. The second-order valence-electron chi connectivity index (χ2n) is 5.74. The van der Waals surface area contributed by atoms with E-state index in [0.29, 0.717) is 34.4 Å². The summed E-state index contributed by atoms with van der Waals surface area (Å²) in [5.74, 6) is 1.65. The van der Waals surface area contributed by atoms with Crippen LogP contribution in [-0.4, -0.2) is 26.9 Å². The van der Waals surface area contributed by atoms with Crippen molar-refractivity contribution >= 4 is 17.6 Å². The van der Waals surface area contributed by atoms with Gasteiger partial charge in [0.05, 0.1) is 30.1 Å². The molecule has 4 aromatic rings. The number of nitrogens with one attached hydrogen (secondary N) is 1. The second-order valence-corrected chi connectivity index (χ2v) is 5.74. The van der Waals surface area contributed by atoms with Gasteiger partial charge in [0.1, 0.15) is 11.8 Å². The van der Waals surface area contributed by atoms with Gasteiger partial charge in [0.15, 0.2) is 12.2 Å². The van der Waals surface area contributed by atoms with Crippen LogP contribution < -0.4 is 15.8 Å². The van der Waals surface area contributed by atoms with Crippen molar-refractivity contribution in [3.05, 3.63) is 60.6 Å². The summed E-state index contributed by atoms with van der Waals surface area (Å²) in [7, 11) is 1.57. The summed E-state index contributed by atoms with van der Waals surface area (Å²) < 4.78 is 12.2. The van der Waals surface area contributed by atoms with Crippen LogP contribution in [0.15, 0.2) is 59.5 Å². The zero-order valence-corrected chi connectivity index (χ0v) is 14.8. The third-order valence-corrected chi connectivity index (χ3v) is 4.04. The zero-order chi connectivity index (χ0) is 19.5. The molecule has 9 heteroatoms. The first-order valence-corrected chi connectivity index (χ1v) is 8.25. The zero-order valence-electron chi connectivity index (χ0n) is 14.8. The highest BCUT2D eigenvalue weighted by Gasteiger charge is 2.14. The van der Waals surface area contributed by atoms with Crippen LogP contribution in [0.5, 0.6) is 5.75 Å². The lowest BCUT2D eigenvalue weighted by atomic mass is 10.1. The summed E-state index contributed by atoms with van der Waals surface area (Å²) in [5.41, 5.74) is 8.47. The van der Waals surface area contributed by atoms with Crippen LogP contribution in [0.3, 0.4) is 0 Å². The summed E-state index contributed by atoms with van der Waals surface area (Å²) in [6, 6.07) is 14.6. The molecular weight excluding hydrogens is 358 g/mol. The van der Waals surface area contributed by atoms with Gasteiger partial charge >= 0.3 is 0 Å². The number of rotatable bonds is 5. The number of aromatic nitrogens is 4. The molecule has 0 fully saturated rings. The Labute approximate surface area is 160 Å². The van der Waals surface area contributed by atoms with E-state index in [1.807, 2.05) is 12.1 Å². The van der Waals surface area contributed by atoms with Crippen LogP contribution in [-0.2, 0) is 0 Å². The highest BCUT2D eigenvalue weighted by Crippen LogP contribution is 2.33. The highest BCUT2D eigenvalue weighted by molar-refractivity contribution is 5.71. The Morgan fingerprint density at radius 2 is 2.11 bits per heavy atom. The Morgan fingerprint density at radius 1 is 1.25 bits per heavy atom. The normalized spacial score (nSPS) is 10.4. The fourth-order valence-corrected chi connectivity index (χ4v) is 2.76. The van der Waals surface area contributed by atoms with Crippen LogP contribution >= 0.6 is 0 Å². The number of anilines is 3. The van der Waals surface area contributed by atoms with E-state index in [1.165, 1.54) is 11.1 Å². The minimum absolute atomic E-state index is 0.162. The molecule has 0 bridgehead atoms. The third kappa shape index (κ3) is 3.10. The molecule has 2 heterocycles. The number of hydrogen-bond acceptors (Lipinski definition) is 8. The monoisotopic (exact) mass is 373 g/mol. The SMILES string of the molecule is COc1cc(Nc2nc(N)n(-c3ccccc3C#N)n2)ccc1-c1cnco1. The number of para-hydroxylation sites is 1. The van der Waals surface area contributed by atoms with Crippen molar-refractivity contribution < 1.29 is 9.15 Å². The van der Waals surface area contributed by atoms with E-state index in [1.54, 1.807) is 43.6 Å². The van der Waals surface area contributed by atoms with Gasteiger partial charge in [-0.05, 0) is 24.3 Å². The number of nitrogen functional groups attached to an aromatic ring is 1. The average molecular weight is 373 g/mol. The van der Waals surface area contributed by atoms with Crippen LogP contribution in [0.1, 0.15) is 5.56 Å². The Hall–Kier alpha value is -4.32. The molecule has 0 aliphatic carbocycles. The number of ether oxygens (including phenoxy) is 1. The van der Waals surface area contributed by atoms with E-state index < -0.39 is 0 Å². The minimum Gasteiger partial charge on any atom is -0.496 e. The van der Waals surface area contributed by atoms with E-state index >= 15 is 0 Å². The summed E-state index contributed by atoms with van der Waals surface area (Å²) in [6.07, 6.45) is 2.97. The first-order chi connectivity index (χ1) is 13.7. The molecule has 4 rings (SSSR count). The van der Waals surface area contributed by atoms with Crippen molar-refractivity contribution in [3.8, 4) is 28.8 Å². The lowest BCUT2D eigenvalue weighted by Gasteiger charge is -2.09. The average Bonchev–Trinajstić information content (AvgIpc) is 3.37. The van der Waals surface area contributed by atoms with Gasteiger partial charge in [0.2, 0.25) is 11.9 Å². The lowest BCUT2D eigenvalue weighted by Crippen LogP contribution is -2.04. The van der Waals surface area contributed by atoms with Gasteiger partial charge in [-0.1, -0.05) is 12.1 Å². The van der Waals surface area contributed by atoms with Gasteiger partial charge in [0.25, 0.3) is 0 Å². The van der Waals surface area contributed by atoms with Crippen molar-refractivity contribution in [3.63, 3.8) is 0 Å². The number of benzene rings is 2. The van der Waals surface area contributed by atoms with E-state index in [0.717, 1.165) is 5.56 Å². The topological polar surface area (TPSA) is 128 Å². The molecule has 2 aromatic heterocycles. The minimum atomic E-state index is 0.162. The van der Waals surface area contributed by atoms with Gasteiger partial charge in [-0.25, -0.2) is 4.98 Å². The van der Waals surface area contributed by atoms with Crippen molar-refractivity contribution in [2.45, 2.75) is 0 Å². The highest BCUT2D eigenvalue weighted by atomic mass is 16.5. The second kappa shape index (κ2) is 7.13. The maximum absolute atomic E-state index is 9.28. The number of oxazole rings is 1. The van der Waals surface area contributed by atoms with Gasteiger partial charge < -0.3 is 20.2 Å². The molecule has 3 N–H and O–H groups in total.